The second kappa shape index (κ2) is 6.39. The zero-order chi connectivity index (χ0) is 15.7. The van der Waals surface area contributed by atoms with Crippen LogP contribution < -0.4 is 5.32 Å². The Morgan fingerprint density at radius 1 is 1.27 bits per heavy atom. The molecule has 1 aromatic carbocycles. The SMILES string of the molecule is COCCN1C[C@H]2C[C@H]1C[C@@H]2NC(=O)c1cc(C)cc(C)c1. The molecule has 0 radical (unpaired) electrons. The van der Waals surface area contributed by atoms with Crippen molar-refractivity contribution in [3.8, 4) is 0 Å². The zero-order valence-corrected chi connectivity index (χ0v) is 13.8. The van der Waals surface area contributed by atoms with Crippen molar-refractivity contribution in [3.05, 3.63) is 34.9 Å². The Morgan fingerprint density at radius 2 is 2.00 bits per heavy atom. The summed E-state index contributed by atoms with van der Waals surface area (Å²) in [6.07, 6.45) is 2.28. The molecule has 1 aliphatic heterocycles. The van der Waals surface area contributed by atoms with Gasteiger partial charge in [0.25, 0.3) is 5.91 Å². The topological polar surface area (TPSA) is 41.6 Å². The quantitative estimate of drug-likeness (QED) is 0.906. The number of piperidine rings is 1. The number of carbonyl (C=O) groups excluding carboxylic acids is 1. The minimum absolute atomic E-state index is 0.0767. The van der Waals surface area contributed by atoms with Crippen molar-refractivity contribution in [1.82, 2.24) is 10.2 Å². The average Bonchev–Trinajstić information content (AvgIpc) is 3.03. The van der Waals surface area contributed by atoms with Gasteiger partial charge < -0.3 is 10.1 Å². The van der Waals surface area contributed by atoms with Crippen LogP contribution in [0.2, 0.25) is 0 Å². The van der Waals surface area contributed by atoms with Gasteiger partial charge in [-0.2, -0.15) is 0 Å². The summed E-state index contributed by atoms with van der Waals surface area (Å²) in [7, 11) is 1.75. The molecule has 1 heterocycles. The summed E-state index contributed by atoms with van der Waals surface area (Å²) in [6.45, 7) is 6.97. The van der Waals surface area contributed by atoms with Crippen molar-refractivity contribution in [2.75, 3.05) is 26.8 Å². The van der Waals surface area contributed by atoms with Gasteiger partial charge in [-0.25, -0.2) is 0 Å². The van der Waals surface area contributed by atoms with Crippen LogP contribution in [0.3, 0.4) is 0 Å². The predicted octanol–water partition coefficient (Wildman–Crippen LogP) is 2.14. The molecule has 0 aromatic heterocycles. The van der Waals surface area contributed by atoms with Crippen LogP contribution in [0, 0.1) is 19.8 Å². The molecule has 22 heavy (non-hydrogen) atoms. The lowest BCUT2D eigenvalue weighted by molar-refractivity contribution is 0.0884. The summed E-state index contributed by atoms with van der Waals surface area (Å²) >= 11 is 0. The van der Waals surface area contributed by atoms with Crippen molar-refractivity contribution >= 4 is 5.91 Å². The van der Waals surface area contributed by atoms with E-state index in [1.807, 2.05) is 26.0 Å². The van der Waals surface area contributed by atoms with Gasteiger partial charge in [0.1, 0.15) is 0 Å². The van der Waals surface area contributed by atoms with E-state index in [2.05, 4.69) is 16.3 Å². The number of rotatable bonds is 5. The first-order chi connectivity index (χ1) is 10.6. The lowest BCUT2D eigenvalue weighted by Crippen LogP contribution is -2.46. The molecule has 1 saturated carbocycles. The molecule has 3 rings (SSSR count). The number of fused-ring (bicyclic) bond motifs is 2. The first kappa shape index (κ1) is 15.5. The highest BCUT2D eigenvalue weighted by molar-refractivity contribution is 5.94. The number of benzene rings is 1. The molecule has 0 spiro atoms. The Kier molecular flexibility index (Phi) is 4.50. The first-order valence-electron chi connectivity index (χ1n) is 8.19. The van der Waals surface area contributed by atoms with Crippen LogP contribution in [-0.2, 0) is 4.74 Å². The molecule has 3 atom stereocenters. The third kappa shape index (κ3) is 3.18. The van der Waals surface area contributed by atoms with Gasteiger partial charge in [0, 0.05) is 37.8 Å². The molecular formula is C18H26N2O2. The molecule has 0 unspecified atom stereocenters. The fourth-order valence-corrected chi connectivity index (χ4v) is 4.06. The number of nitrogens with zero attached hydrogens (tertiary/aromatic N) is 1. The van der Waals surface area contributed by atoms with E-state index >= 15 is 0 Å². The van der Waals surface area contributed by atoms with Crippen LogP contribution in [0.1, 0.15) is 34.3 Å². The van der Waals surface area contributed by atoms with Gasteiger partial charge in [0.05, 0.1) is 6.61 Å². The first-order valence-corrected chi connectivity index (χ1v) is 8.19. The Hall–Kier alpha value is -1.39. The van der Waals surface area contributed by atoms with Crippen LogP contribution in [0.5, 0.6) is 0 Å². The highest BCUT2D eigenvalue weighted by atomic mass is 16.5. The Bertz CT molecular complexity index is 538. The number of nitrogens with one attached hydrogen (secondary N) is 1. The number of aryl methyl sites for hydroxylation is 2. The van der Waals surface area contributed by atoms with E-state index in [4.69, 9.17) is 4.74 Å². The minimum atomic E-state index is 0.0767. The summed E-state index contributed by atoms with van der Waals surface area (Å²) < 4.78 is 5.17. The van der Waals surface area contributed by atoms with Gasteiger partial charge in [0.2, 0.25) is 0 Å². The molecule has 1 saturated heterocycles. The van der Waals surface area contributed by atoms with E-state index in [0.717, 1.165) is 42.8 Å². The van der Waals surface area contributed by atoms with Gasteiger partial charge in [-0.1, -0.05) is 17.2 Å². The van der Waals surface area contributed by atoms with E-state index in [1.165, 1.54) is 6.42 Å². The van der Waals surface area contributed by atoms with Crippen LogP contribution in [0.4, 0.5) is 0 Å². The van der Waals surface area contributed by atoms with Gasteiger partial charge in [-0.05, 0) is 44.7 Å². The summed E-state index contributed by atoms with van der Waals surface area (Å²) in [6, 6.07) is 6.99. The summed E-state index contributed by atoms with van der Waals surface area (Å²) in [5, 5.41) is 3.26. The average molecular weight is 302 g/mol. The summed E-state index contributed by atoms with van der Waals surface area (Å²) in [5.41, 5.74) is 3.07. The van der Waals surface area contributed by atoms with E-state index < -0.39 is 0 Å². The summed E-state index contributed by atoms with van der Waals surface area (Å²) in [4.78, 5) is 15.0. The lowest BCUT2D eigenvalue weighted by Gasteiger charge is -2.31. The van der Waals surface area contributed by atoms with Crippen molar-refractivity contribution in [3.63, 3.8) is 0 Å². The lowest BCUT2D eigenvalue weighted by atomic mass is 10.0. The van der Waals surface area contributed by atoms with Crippen molar-refractivity contribution in [2.24, 2.45) is 5.92 Å². The third-order valence-electron chi connectivity index (χ3n) is 5.04. The molecule has 1 aliphatic carbocycles. The van der Waals surface area contributed by atoms with Crippen LogP contribution in [0.25, 0.3) is 0 Å². The molecule has 120 valence electrons. The largest absolute Gasteiger partial charge is 0.383 e. The maximum absolute atomic E-state index is 12.5. The highest BCUT2D eigenvalue weighted by Gasteiger charge is 2.44. The second-order valence-corrected chi connectivity index (χ2v) is 6.83. The standard InChI is InChI=1S/C18H26N2O2/c1-12-6-13(2)8-14(7-12)18(21)19-17-10-16-9-15(17)11-20(16)4-5-22-3/h6-8,15-17H,4-5,9-11H2,1-3H3,(H,19,21)/t15-,16+,17+/m1/s1. The van der Waals surface area contributed by atoms with Gasteiger partial charge in [-0.3, -0.25) is 9.69 Å². The molecule has 1 N–H and O–H groups in total. The van der Waals surface area contributed by atoms with E-state index in [9.17, 15) is 4.79 Å². The monoisotopic (exact) mass is 302 g/mol. The molecule has 4 nitrogen and oxygen atoms in total. The van der Waals surface area contributed by atoms with Gasteiger partial charge >= 0.3 is 0 Å². The number of hydrogen-bond acceptors (Lipinski definition) is 3. The number of hydrogen-bond donors (Lipinski definition) is 1. The van der Waals surface area contributed by atoms with E-state index in [-0.39, 0.29) is 5.91 Å². The molecule has 1 aromatic rings. The van der Waals surface area contributed by atoms with Gasteiger partial charge in [-0.15, -0.1) is 0 Å². The van der Waals surface area contributed by atoms with Crippen molar-refractivity contribution in [1.29, 1.82) is 0 Å². The van der Waals surface area contributed by atoms with Crippen LogP contribution in [0.15, 0.2) is 18.2 Å². The van der Waals surface area contributed by atoms with Crippen LogP contribution >= 0.6 is 0 Å². The number of amides is 1. The molecule has 2 bridgehead atoms. The maximum atomic E-state index is 12.5. The molecule has 2 fully saturated rings. The number of carbonyl (C=O) groups is 1. The maximum Gasteiger partial charge on any atom is 0.251 e. The van der Waals surface area contributed by atoms with Crippen molar-refractivity contribution in [2.45, 2.75) is 38.8 Å². The highest BCUT2D eigenvalue weighted by Crippen LogP contribution is 2.37. The molecule has 1 amide bonds. The predicted molar refractivity (Wildman–Crippen MR) is 87.1 cm³/mol. The third-order valence-corrected chi connectivity index (χ3v) is 5.04. The Balaban J connectivity index is 1.58. The number of likely N-dealkylation sites (tertiary alicyclic amines) is 1. The fourth-order valence-electron chi connectivity index (χ4n) is 4.06. The smallest absolute Gasteiger partial charge is 0.251 e. The Morgan fingerprint density at radius 3 is 2.59 bits per heavy atom. The Labute approximate surface area is 132 Å². The molecule has 2 aliphatic rings. The second-order valence-electron chi connectivity index (χ2n) is 6.83. The number of methoxy groups -OCH3 is 1. The van der Waals surface area contributed by atoms with Crippen molar-refractivity contribution < 1.29 is 9.53 Å². The molecular weight excluding hydrogens is 276 g/mol. The number of ether oxygens (including phenoxy) is 1. The molecule has 4 heteroatoms. The van der Waals surface area contributed by atoms with E-state index in [0.29, 0.717) is 18.0 Å². The fraction of sp³-hybridized carbons (Fsp3) is 0.611. The van der Waals surface area contributed by atoms with Crippen LogP contribution in [-0.4, -0.2) is 49.7 Å². The summed E-state index contributed by atoms with van der Waals surface area (Å²) in [5.74, 6) is 0.671. The van der Waals surface area contributed by atoms with Gasteiger partial charge in [0.15, 0.2) is 0 Å². The normalized spacial score (nSPS) is 27.3. The van der Waals surface area contributed by atoms with E-state index in [1.54, 1.807) is 7.11 Å². The zero-order valence-electron chi connectivity index (χ0n) is 13.8. The minimum Gasteiger partial charge on any atom is -0.383 e.